The van der Waals surface area contributed by atoms with Gasteiger partial charge in [0.2, 0.25) is 0 Å². The Balaban J connectivity index is 3.15. The molecule has 0 aromatic rings. The van der Waals surface area contributed by atoms with Crippen LogP contribution in [0.5, 0.6) is 0 Å². The molecule has 0 aliphatic carbocycles. The van der Waals surface area contributed by atoms with Gasteiger partial charge in [-0.3, -0.25) is 0 Å². The van der Waals surface area contributed by atoms with Gasteiger partial charge < -0.3 is 0 Å². The number of hydroxylamine groups is 1. The Bertz CT molecular complexity index is 50.1. The second kappa shape index (κ2) is 2.52. The Morgan fingerprint density at radius 3 is 1.86 bits per heavy atom. The second-order valence-corrected chi connectivity index (χ2v) is 2.02. The lowest BCUT2D eigenvalue weighted by Crippen LogP contribution is -2.07. The van der Waals surface area contributed by atoms with Gasteiger partial charge in [0, 0.05) is 7.05 Å². The Morgan fingerprint density at radius 1 is 1.43 bits per heavy atom. The van der Waals surface area contributed by atoms with Crippen LogP contribution < -0.4 is 5.48 Å². The molecule has 4 N–H and O–H groups in total. The van der Waals surface area contributed by atoms with E-state index < -0.39 is 8.17 Å². The van der Waals surface area contributed by atoms with Crippen molar-refractivity contribution >= 4 is 8.17 Å². The largest absolute Gasteiger partial charge is 0.585 e. The van der Waals surface area contributed by atoms with Gasteiger partial charge in [-0.25, -0.2) is 0 Å². The molecule has 7 heavy (non-hydrogen) atoms. The van der Waals surface area contributed by atoms with Gasteiger partial charge >= 0.3 is 8.17 Å². The van der Waals surface area contributed by atoms with Gasteiger partial charge in [-0.15, -0.1) is 0 Å². The van der Waals surface area contributed by atoms with E-state index in [1.165, 1.54) is 7.05 Å². The number of hydrogen-bond donors (Lipinski definition) is 4. The first-order chi connectivity index (χ1) is 3.06. The number of hydrogen-bond acceptors (Lipinski definition) is 5. The van der Waals surface area contributed by atoms with Crippen LogP contribution in [0.1, 0.15) is 0 Å². The maximum absolute atomic E-state index is 7.96. The summed E-state index contributed by atoms with van der Waals surface area (Å²) in [7, 11) is -2.72. The zero-order chi connectivity index (χ0) is 5.91. The van der Waals surface area contributed by atoms with Crippen molar-refractivity contribution in [3.8, 4) is 0 Å². The van der Waals surface area contributed by atoms with E-state index in [0.717, 1.165) is 0 Å². The van der Waals surface area contributed by atoms with Crippen LogP contribution in [0.15, 0.2) is 0 Å². The maximum Gasteiger partial charge on any atom is 0.585 e. The fourth-order valence-corrected chi connectivity index (χ4v) is 0.367. The van der Waals surface area contributed by atoms with Crippen LogP contribution in [0.4, 0.5) is 0 Å². The van der Waals surface area contributed by atoms with Crippen LogP contribution in [0, 0.1) is 0 Å². The van der Waals surface area contributed by atoms with Gasteiger partial charge in [-0.05, 0) is 0 Å². The third-order valence-electron chi connectivity index (χ3n) is 0.214. The van der Waals surface area contributed by atoms with E-state index in [4.69, 9.17) is 14.7 Å². The molecule has 0 amide bonds. The lowest BCUT2D eigenvalue weighted by atomic mass is 11.6. The predicted molar refractivity (Wildman–Crippen MR) is 23.7 cm³/mol. The highest BCUT2D eigenvalue weighted by Gasteiger charge is 2.32. The summed E-state index contributed by atoms with van der Waals surface area (Å²) < 4.78 is 3.76. The molecule has 0 aromatic heterocycles. The first kappa shape index (κ1) is 7.23. The first-order valence-corrected chi connectivity index (χ1v) is 3.05. The minimum atomic E-state index is -4.03. The molecule has 0 atom stereocenters. The Hall–Kier alpha value is 0.230. The predicted octanol–water partition coefficient (Wildman–Crippen LogP) is -1.21. The molecule has 0 rings (SSSR count). The van der Waals surface area contributed by atoms with Crippen molar-refractivity contribution in [1.82, 2.24) is 5.48 Å². The van der Waals surface area contributed by atoms with E-state index in [1.54, 1.807) is 0 Å². The van der Waals surface area contributed by atoms with E-state index in [0.29, 0.717) is 0 Å². The molecule has 0 spiro atoms. The van der Waals surface area contributed by atoms with Gasteiger partial charge in [-0.1, -0.05) is 4.62 Å². The highest BCUT2D eigenvalue weighted by Crippen LogP contribution is 2.43. The average molecular weight is 128 g/mol. The molecule has 0 fully saturated rings. The second-order valence-electron chi connectivity index (χ2n) is 0.809. The molecule has 0 saturated carbocycles. The highest BCUT2D eigenvalue weighted by molar-refractivity contribution is 7.53. The lowest BCUT2D eigenvalue weighted by molar-refractivity contribution is 0.111. The molecular weight excluding hydrogens is 121 g/mol. The summed E-state index contributed by atoms with van der Waals surface area (Å²) in [6.45, 7) is 0. The van der Waals surface area contributed by atoms with Crippen molar-refractivity contribution in [3.05, 3.63) is 0 Å². The summed E-state index contributed by atoms with van der Waals surface area (Å²) in [4.78, 5) is 23.9. The minimum Gasteiger partial charge on any atom is -0.167 e. The molecule has 0 radical (unpaired) electrons. The first-order valence-electron chi connectivity index (χ1n) is 1.49. The lowest BCUT2D eigenvalue weighted by Gasteiger charge is -1.96. The van der Waals surface area contributed by atoms with Crippen molar-refractivity contribution in [2.45, 2.75) is 0 Å². The van der Waals surface area contributed by atoms with E-state index in [2.05, 4.69) is 4.62 Å². The van der Waals surface area contributed by atoms with Crippen molar-refractivity contribution in [2.24, 2.45) is 0 Å². The average Bonchev–Trinajstić information content (AvgIpc) is 1.30. The van der Waals surface area contributed by atoms with Crippen LogP contribution in [-0.4, -0.2) is 21.7 Å². The third kappa shape index (κ3) is 6.23. The van der Waals surface area contributed by atoms with Gasteiger partial charge in [0.1, 0.15) is 0 Å². The summed E-state index contributed by atoms with van der Waals surface area (Å²) in [6.07, 6.45) is 0. The van der Waals surface area contributed by atoms with Crippen LogP contribution >= 0.6 is 8.17 Å². The van der Waals surface area contributed by atoms with Crippen molar-refractivity contribution in [1.29, 1.82) is 0 Å². The molecule has 6 heteroatoms. The summed E-state index contributed by atoms with van der Waals surface area (Å²) in [6, 6.07) is 0. The van der Waals surface area contributed by atoms with Crippen LogP contribution in [0.25, 0.3) is 0 Å². The molecule has 0 unspecified atom stereocenters. The quantitative estimate of drug-likeness (QED) is 0.277. The van der Waals surface area contributed by atoms with Gasteiger partial charge in [0.05, 0.1) is 0 Å². The normalized spacial score (nSPS) is 12.0. The van der Waals surface area contributed by atoms with E-state index in [1.807, 2.05) is 5.48 Å². The monoisotopic (exact) mass is 128 g/mol. The standard InChI is InChI=1S/CH7NO4P/c1-2-6-7(3,4)5/h2-5H,1H3/q+1. The van der Waals surface area contributed by atoms with E-state index >= 15 is 0 Å². The van der Waals surface area contributed by atoms with Crippen LogP contribution in [0.2, 0.25) is 0 Å². The number of rotatable bonds is 2. The Kier molecular flexibility index (Phi) is 2.60. The summed E-state index contributed by atoms with van der Waals surface area (Å²) >= 11 is 0. The smallest absolute Gasteiger partial charge is 0.167 e. The van der Waals surface area contributed by atoms with E-state index in [-0.39, 0.29) is 0 Å². The van der Waals surface area contributed by atoms with Gasteiger partial charge in [0.25, 0.3) is 0 Å². The Morgan fingerprint density at radius 2 is 1.86 bits per heavy atom. The SMILES string of the molecule is CNO[P+](O)(O)O. The molecule has 5 nitrogen and oxygen atoms in total. The van der Waals surface area contributed by atoms with Gasteiger partial charge in [0.15, 0.2) is 0 Å². The van der Waals surface area contributed by atoms with Crippen molar-refractivity contribution in [2.75, 3.05) is 7.05 Å². The van der Waals surface area contributed by atoms with Gasteiger partial charge in [-0.2, -0.15) is 20.2 Å². The molecule has 0 heterocycles. The molecule has 0 saturated heterocycles. The fourth-order valence-electron chi connectivity index (χ4n) is 0.122. The van der Waals surface area contributed by atoms with Crippen LogP contribution in [0.3, 0.4) is 0 Å². The third-order valence-corrected chi connectivity index (χ3v) is 0.641. The minimum absolute atomic E-state index is 1.30. The zero-order valence-corrected chi connectivity index (χ0v) is 4.59. The molecular formula is CH7NO4P+. The highest BCUT2D eigenvalue weighted by atomic mass is 31.2. The van der Waals surface area contributed by atoms with E-state index in [9.17, 15) is 0 Å². The van der Waals surface area contributed by atoms with Crippen LogP contribution in [-0.2, 0) is 4.62 Å². The molecule has 0 aliphatic heterocycles. The molecule has 0 bridgehead atoms. The van der Waals surface area contributed by atoms with Crippen molar-refractivity contribution < 1.29 is 19.3 Å². The Labute approximate surface area is 41.2 Å². The molecule has 0 aromatic carbocycles. The van der Waals surface area contributed by atoms with Crippen molar-refractivity contribution in [3.63, 3.8) is 0 Å². The zero-order valence-electron chi connectivity index (χ0n) is 3.70. The molecule has 44 valence electrons. The summed E-state index contributed by atoms with van der Waals surface area (Å²) in [5, 5.41) is 0. The summed E-state index contributed by atoms with van der Waals surface area (Å²) in [5.41, 5.74) is 1.91. The fraction of sp³-hybridized carbons (Fsp3) is 1.00. The maximum atomic E-state index is 7.96. The topological polar surface area (TPSA) is 82.0 Å². The summed E-state index contributed by atoms with van der Waals surface area (Å²) in [5.74, 6) is 0. The molecule has 0 aliphatic rings. The number of nitrogens with one attached hydrogen (secondary N) is 1.